The Morgan fingerprint density at radius 1 is 0.407 bits per heavy atom. The van der Waals surface area contributed by atoms with Crippen LogP contribution in [0.4, 0.5) is 17.1 Å². The molecular weight excluding hydrogens is 671 g/mol. The second kappa shape index (κ2) is 11.6. The minimum Gasteiger partial charge on any atom is -0.310 e. The highest BCUT2D eigenvalue weighted by atomic mass is 32.1. The van der Waals surface area contributed by atoms with Crippen LogP contribution >= 0.6 is 11.3 Å². The van der Waals surface area contributed by atoms with Crippen molar-refractivity contribution in [1.82, 2.24) is 0 Å². The molecule has 11 rings (SSSR count). The number of hydrogen-bond acceptors (Lipinski definition) is 2. The summed E-state index contributed by atoms with van der Waals surface area (Å²) in [6, 6.07) is 70.3. The topological polar surface area (TPSA) is 3.24 Å². The SMILES string of the molecule is CC1(C)c2ccccc2-c2cc(N(c3ccc4c(c3)C(c3ccccc3)(c3ccccc3)c3ccccc3-4)c3cccc4sc5ccccc5c34)ccc21. The van der Waals surface area contributed by atoms with Crippen LogP contribution in [0.15, 0.2) is 188 Å². The lowest BCUT2D eigenvalue weighted by molar-refractivity contribution is 0.660. The molecule has 1 aromatic heterocycles. The van der Waals surface area contributed by atoms with Crippen LogP contribution in [0, 0.1) is 0 Å². The molecule has 8 aromatic carbocycles. The van der Waals surface area contributed by atoms with Gasteiger partial charge in [-0.05, 0) is 98.1 Å². The van der Waals surface area contributed by atoms with Gasteiger partial charge in [-0.15, -0.1) is 11.3 Å². The predicted molar refractivity (Wildman–Crippen MR) is 229 cm³/mol. The van der Waals surface area contributed by atoms with Gasteiger partial charge in [-0.25, -0.2) is 0 Å². The van der Waals surface area contributed by atoms with Crippen LogP contribution < -0.4 is 4.90 Å². The van der Waals surface area contributed by atoms with E-state index in [2.05, 4.69) is 207 Å². The second-order valence-corrected chi connectivity index (χ2v) is 16.3. The Labute approximate surface area is 320 Å². The van der Waals surface area contributed by atoms with E-state index < -0.39 is 5.41 Å². The predicted octanol–water partition coefficient (Wildman–Crippen LogP) is 14.2. The molecule has 0 saturated carbocycles. The Balaban J connectivity index is 1.23. The van der Waals surface area contributed by atoms with E-state index in [9.17, 15) is 0 Å². The molecule has 0 N–H and O–H groups in total. The van der Waals surface area contributed by atoms with E-state index in [0.29, 0.717) is 0 Å². The molecule has 0 atom stereocenters. The van der Waals surface area contributed by atoms with Crippen LogP contribution in [-0.4, -0.2) is 0 Å². The normalized spacial score (nSPS) is 14.4. The number of anilines is 3. The van der Waals surface area contributed by atoms with Crippen molar-refractivity contribution in [3.8, 4) is 22.3 Å². The molecule has 0 spiro atoms. The summed E-state index contributed by atoms with van der Waals surface area (Å²) in [5, 5.41) is 2.59. The zero-order valence-corrected chi connectivity index (χ0v) is 31.1. The van der Waals surface area contributed by atoms with E-state index in [1.807, 2.05) is 11.3 Å². The van der Waals surface area contributed by atoms with E-state index >= 15 is 0 Å². The highest BCUT2D eigenvalue weighted by Crippen LogP contribution is 2.58. The van der Waals surface area contributed by atoms with E-state index in [1.165, 1.54) is 81.5 Å². The van der Waals surface area contributed by atoms with Gasteiger partial charge in [0.25, 0.3) is 0 Å². The van der Waals surface area contributed by atoms with Gasteiger partial charge in [0, 0.05) is 37.0 Å². The molecule has 0 aliphatic heterocycles. The first-order valence-corrected chi connectivity index (χ1v) is 19.7. The lowest BCUT2D eigenvalue weighted by atomic mass is 9.67. The molecule has 2 aliphatic rings. The molecule has 1 heterocycles. The molecule has 0 amide bonds. The Morgan fingerprint density at radius 3 is 1.72 bits per heavy atom. The first-order chi connectivity index (χ1) is 26.5. The van der Waals surface area contributed by atoms with Crippen molar-refractivity contribution in [2.24, 2.45) is 0 Å². The monoisotopic (exact) mass is 707 g/mol. The van der Waals surface area contributed by atoms with Crippen LogP contribution in [0.2, 0.25) is 0 Å². The first kappa shape index (κ1) is 31.3. The maximum atomic E-state index is 2.53. The summed E-state index contributed by atoms with van der Waals surface area (Å²) >= 11 is 1.87. The average Bonchev–Trinajstić information content (AvgIpc) is 3.83. The maximum absolute atomic E-state index is 2.53. The largest absolute Gasteiger partial charge is 0.310 e. The third-order valence-corrected chi connectivity index (χ3v) is 13.3. The summed E-state index contributed by atoms with van der Waals surface area (Å²) in [7, 11) is 0. The molecule has 0 fully saturated rings. The van der Waals surface area contributed by atoms with Crippen LogP contribution in [0.25, 0.3) is 42.4 Å². The van der Waals surface area contributed by atoms with Crippen LogP contribution in [0.3, 0.4) is 0 Å². The third-order valence-electron chi connectivity index (χ3n) is 12.1. The molecule has 0 bridgehead atoms. The molecule has 0 radical (unpaired) electrons. The van der Waals surface area contributed by atoms with Gasteiger partial charge < -0.3 is 4.90 Å². The summed E-state index contributed by atoms with van der Waals surface area (Å²) in [5.74, 6) is 0. The minimum absolute atomic E-state index is 0.0663. The zero-order chi connectivity index (χ0) is 36.0. The molecule has 0 unspecified atom stereocenters. The fourth-order valence-corrected chi connectivity index (χ4v) is 10.9. The van der Waals surface area contributed by atoms with Gasteiger partial charge in [0.05, 0.1) is 11.1 Å². The summed E-state index contributed by atoms with van der Waals surface area (Å²) in [6.45, 7) is 4.72. The molecule has 2 heteroatoms. The van der Waals surface area contributed by atoms with Crippen molar-refractivity contribution in [2.45, 2.75) is 24.7 Å². The first-order valence-electron chi connectivity index (χ1n) is 18.9. The van der Waals surface area contributed by atoms with Gasteiger partial charge in [0.15, 0.2) is 0 Å². The van der Waals surface area contributed by atoms with Crippen molar-refractivity contribution in [3.63, 3.8) is 0 Å². The minimum atomic E-state index is -0.488. The zero-order valence-electron chi connectivity index (χ0n) is 30.3. The number of nitrogens with zero attached hydrogens (tertiary/aromatic N) is 1. The lowest BCUT2D eigenvalue weighted by Gasteiger charge is -2.35. The fourth-order valence-electron chi connectivity index (χ4n) is 9.79. The summed E-state index contributed by atoms with van der Waals surface area (Å²) in [6.07, 6.45) is 0. The maximum Gasteiger partial charge on any atom is 0.0714 e. The molecule has 256 valence electrons. The van der Waals surface area contributed by atoms with E-state index in [-0.39, 0.29) is 5.41 Å². The van der Waals surface area contributed by atoms with Crippen molar-refractivity contribution in [3.05, 3.63) is 221 Å². The summed E-state index contributed by atoms with van der Waals surface area (Å²) in [4.78, 5) is 2.53. The quantitative estimate of drug-likeness (QED) is 0.172. The van der Waals surface area contributed by atoms with Gasteiger partial charge >= 0.3 is 0 Å². The van der Waals surface area contributed by atoms with Crippen LogP contribution in [0.5, 0.6) is 0 Å². The highest BCUT2D eigenvalue weighted by Gasteiger charge is 2.46. The van der Waals surface area contributed by atoms with Crippen LogP contribution in [0.1, 0.15) is 47.2 Å². The van der Waals surface area contributed by atoms with Crippen LogP contribution in [-0.2, 0) is 10.8 Å². The number of benzene rings is 8. The molecule has 2 aliphatic carbocycles. The Kier molecular flexibility index (Phi) is 6.75. The lowest BCUT2D eigenvalue weighted by Crippen LogP contribution is -2.28. The summed E-state index contributed by atoms with van der Waals surface area (Å²) in [5.41, 5.74) is 16.1. The van der Waals surface area contributed by atoms with Crippen molar-refractivity contribution in [1.29, 1.82) is 0 Å². The fraction of sp³-hybridized carbons (Fsp3) is 0.0769. The Hall–Kier alpha value is -6.22. The smallest absolute Gasteiger partial charge is 0.0714 e. The number of fused-ring (bicyclic) bond motifs is 9. The number of hydrogen-bond donors (Lipinski definition) is 0. The highest BCUT2D eigenvalue weighted by molar-refractivity contribution is 7.26. The van der Waals surface area contributed by atoms with Gasteiger partial charge in [0.2, 0.25) is 0 Å². The van der Waals surface area contributed by atoms with E-state index in [1.54, 1.807) is 0 Å². The third kappa shape index (κ3) is 4.26. The molecule has 54 heavy (non-hydrogen) atoms. The van der Waals surface area contributed by atoms with Gasteiger partial charge in [-0.3, -0.25) is 0 Å². The number of rotatable bonds is 5. The second-order valence-electron chi connectivity index (χ2n) is 15.2. The van der Waals surface area contributed by atoms with E-state index in [4.69, 9.17) is 0 Å². The van der Waals surface area contributed by atoms with Gasteiger partial charge in [0.1, 0.15) is 0 Å². The standard InChI is InChI=1S/C52H37NS/c1-51(2)43-23-12-9-21-39(43)42-32-36(29-31-44(42)51)53(47-25-15-27-49-50(47)41-22-11-14-26-48(41)54-49)37-28-30-40-38-20-10-13-24-45(38)52(46(40)33-37,34-16-5-3-6-17-34)35-18-7-4-8-19-35/h3-33H,1-2H3. The molecule has 9 aromatic rings. The molecule has 0 saturated heterocycles. The summed E-state index contributed by atoms with van der Waals surface area (Å²) < 4.78 is 2.60. The molecular formula is C52H37NS. The van der Waals surface area contributed by atoms with Crippen molar-refractivity contribution < 1.29 is 0 Å². The molecule has 1 nitrogen and oxygen atoms in total. The Morgan fingerprint density at radius 2 is 0.963 bits per heavy atom. The van der Waals surface area contributed by atoms with Gasteiger partial charge in [-0.1, -0.05) is 159 Å². The number of thiophene rings is 1. The van der Waals surface area contributed by atoms with Crippen molar-refractivity contribution in [2.75, 3.05) is 4.90 Å². The van der Waals surface area contributed by atoms with Crippen molar-refractivity contribution >= 4 is 48.6 Å². The average molecular weight is 708 g/mol. The van der Waals surface area contributed by atoms with Gasteiger partial charge in [-0.2, -0.15) is 0 Å². The van der Waals surface area contributed by atoms with E-state index in [0.717, 1.165) is 11.4 Å². The Bertz CT molecular complexity index is 2880.